The van der Waals surface area contributed by atoms with Gasteiger partial charge in [-0.25, -0.2) is 0 Å². The molecule has 0 aromatic heterocycles. The zero-order valence-electron chi connectivity index (χ0n) is 25.4. The van der Waals surface area contributed by atoms with Gasteiger partial charge in [-0.05, 0) is 83.0 Å². The maximum absolute atomic E-state index is 12.9. The average molecular weight is 603 g/mol. The first-order valence-corrected chi connectivity index (χ1v) is 16.0. The summed E-state index contributed by atoms with van der Waals surface area (Å²) in [7, 11) is 0. The SMILES string of the molecule is CCOC(O)C(C)CC(CC1CCC(O)C2C(O)C3C(O)[C@]4(O)C(O)C(C(C)O)C(=O)C[C@@H]4C[C@@H]3CC12)C(O)OCC. The molecule has 0 heterocycles. The summed E-state index contributed by atoms with van der Waals surface area (Å²) >= 11 is 0. The Morgan fingerprint density at radius 3 is 2.17 bits per heavy atom. The van der Waals surface area contributed by atoms with E-state index in [1.165, 1.54) is 6.92 Å². The molecule has 4 aliphatic rings. The van der Waals surface area contributed by atoms with Crippen molar-refractivity contribution in [2.45, 2.75) is 121 Å². The van der Waals surface area contributed by atoms with Crippen molar-refractivity contribution in [2.24, 2.45) is 53.3 Å². The van der Waals surface area contributed by atoms with Crippen molar-refractivity contribution in [1.29, 1.82) is 0 Å². The van der Waals surface area contributed by atoms with Gasteiger partial charge >= 0.3 is 0 Å². The second kappa shape index (κ2) is 13.7. The van der Waals surface area contributed by atoms with E-state index in [9.17, 15) is 45.6 Å². The molecule has 8 N–H and O–H groups in total. The second-order valence-electron chi connectivity index (χ2n) is 13.8. The summed E-state index contributed by atoms with van der Waals surface area (Å²) in [6.07, 6.45) is -5.54. The molecule has 0 spiro atoms. The molecule has 17 atom stereocenters. The predicted octanol–water partition coefficient (Wildman–Crippen LogP) is 0.172. The fourth-order valence-electron chi connectivity index (χ4n) is 9.35. The number of Topliss-reactive ketones (excluding diaryl/α,β-unsaturated/α-hetero) is 1. The van der Waals surface area contributed by atoms with Crippen LogP contribution in [0, 0.1) is 53.3 Å². The Bertz CT molecular complexity index is 902. The fraction of sp³-hybridized carbons (Fsp3) is 0.968. The Morgan fingerprint density at radius 2 is 1.55 bits per heavy atom. The number of rotatable bonds is 11. The lowest BCUT2D eigenvalue weighted by Gasteiger charge is -2.61. The summed E-state index contributed by atoms with van der Waals surface area (Å²) in [5.41, 5.74) is -2.06. The number of aliphatic hydroxyl groups excluding tert-OH is 7. The minimum Gasteiger partial charge on any atom is -0.393 e. The second-order valence-corrected chi connectivity index (χ2v) is 13.8. The molecule has 0 aliphatic heterocycles. The van der Waals surface area contributed by atoms with Crippen molar-refractivity contribution in [3.63, 3.8) is 0 Å². The highest BCUT2D eigenvalue weighted by Crippen LogP contribution is 2.58. The van der Waals surface area contributed by atoms with E-state index >= 15 is 0 Å². The van der Waals surface area contributed by atoms with Gasteiger partial charge in [-0.3, -0.25) is 4.79 Å². The van der Waals surface area contributed by atoms with Crippen molar-refractivity contribution in [3.8, 4) is 0 Å². The molecule has 0 amide bonds. The Hall–Kier alpha value is -0.730. The van der Waals surface area contributed by atoms with Crippen LogP contribution in [0.15, 0.2) is 0 Å². The van der Waals surface area contributed by atoms with Crippen LogP contribution in [0.25, 0.3) is 0 Å². The topological polar surface area (TPSA) is 197 Å². The Labute approximate surface area is 248 Å². The number of carbonyl (C=O) groups excluding carboxylic acids is 1. The van der Waals surface area contributed by atoms with Gasteiger partial charge in [0.05, 0.1) is 36.4 Å². The molecule has 4 saturated carbocycles. The summed E-state index contributed by atoms with van der Waals surface area (Å²) < 4.78 is 11.0. The van der Waals surface area contributed by atoms with Gasteiger partial charge in [0.1, 0.15) is 11.4 Å². The number of aliphatic hydroxyl groups is 8. The van der Waals surface area contributed by atoms with Gasteiger partial charge in [-0.1, -0.05) is 6.92 Å². The molecule has 42 heavy (non-hydrogen) atoms. The molecule has 244 valence electrons. The van der Waals surface area contributed by atoms with Gasteiger partial charge < -0.3 is 50.3 Å². The van der Waals surface area contributed by atoms with Crippen molar-refractivity contribution < 1.29 is 55.1 Å². The van der Waals surface area contributed by atoms with Gasteiger partial charge in [0.25, 0.3) is 0 Å². The standard InChI is InChI=1S/C31H54O11/c1-5-41-29(38)14(3)9-18(30(39)42-6-2)10-16-7-8-21(33)25-20(16)12-17-11-19-13-22(34)23(15(4)32)27(36)31(19,40)28(37)24(17)26(25)35/h14-21,23-30,32-33,35-40H,5-13H2,1-4H3/t14?,15?,16?,17-,18?,19+,20?,21?,23?,24?,25?,26?,27?,28?,29?,30?,31-/m1/s1. The molecule has 0 saturated heterocycles. The van der Waals surface area contributed by atoms with Crippen LogP contribution in [0.5, 0.6) is 0 Å². The van der Waals surface area contributed by atoms with Crippen LogP contribution in [0.3, 0.4) is 0 Å². The number of hydrogen-bond acceptors (Lipinski definition) is 11. The molecule has 4 aliphatic carbocycles. The summed E-state index contributed by atoms with van der Waals surface area (Å²) in [6, 6.07) is 0. The molecule has 11 nitrogen and oxygen atoms in total. The highest BCUT2D eigenvalue weighted by molar-refractivity contribution is 5.84. The fourth-order valence-corrected chi connectivity index (χ4v) is 9.35. The number of fused-ring (bicyclic) bond motifs is 3. The van der Waals surface area contributed by atoms with Crippen LogP contribution < -0.4 is 0 Å². The van der Waals surface area contributed by atoms with Crippen molar-refractivity contribution in [3.05, 3.63) is 0 Å². The smallest absolute Gasteiger partial charge is 0.157 e. The quantitative estimate of drug-likeness (QED) is 0.150. The molecule has 4 fully saturated rings. The summed E-state index contributed by atoms with van der Waals surface area (Å²) in [5, 5.41) is 88.7. The van der Waals surface area contributed by atoms with E-state index < -0.39 is 72.4 Å². The first-order chi connectivity index (χ1) is 19.8. The van der Waals surface area contributed by atoms with Gasteiger partial charge in [-0.15, -0.1) is 0 Å². The maximum Gasteiger partial charge on any atom is 0.157 e. The summed E-state index contributed by atoms with van der Waals surface area (Å²) in [4.78, 5) is 12.9. The molecule has 0 aromatic carbocycles. The lowest BCUT2D eigenvalue weighted by molar-refractivity contribution is -0.277. The highest BCUT2D eigenvalue weighted by atomic mass is 16.6. The van der Waals surface area contributed by atoms with E-state index in [1.54, 1.807) is 13.8 Å². The Balaban J connectivity index is 1.58. The molecule has 0 aromatic rings. The van der Waals surface area contributed by atoms with Crippen LogP contribution >= 0.6 is 0 Å². The van der Waals surface area contributed by atoms with Crippen molar-refractivity contribution in [1.82, 2.24) is 0 Å². The van der Waals surface area contributed by atoms with Crippen LogP contribution in [0.1, 0.15) is 72.6 Å². The minimum atomic E-state index is -2.06. The van der Waals surface area contributed by atoms with Crippen LogP contribution in [0.4, 0.5) is 0 Å². The first-order valence-electron chi connectivity index (χ1n) is 16.0. The Kier molecular flexibility index (Phi) is 11.2. The van der Waals surface area contributed by atoms with E-state index in [4.69, 9.17) is 9.47 Å². The molecule has 0 radical (unpaired) electrons. The normalized spacial score (nSPS) is 45.6. The summed E-state index contributed by atoms with van der Waals surface area (Å²) in [6.45, 7) is 7.52. The van der Waals surface area contributed by atoms with Crippen molar-refractivity contribution >= 4 is 5.78 Å². The number of carbonyl (C=O) groups is 1. The monoisotopic (exact) mass is 602 g/mol. The molecule has 11 heteroatoms. The van der Waals surface area contributed by atoms with Gasteiger partial charge in [0.15, 0.2) is 12.6 Å². The van der Waals surface area contributed by atoms with E-state index in [-0.39, 0.29) is 41.8 Å². The van der Waals surface area contributed by atoms with Crippen LogP contribution in [-0.2, 0) is 14.3 Å². The first kappa shape index (κ1) is 34.1. The van der Waals surface area contributed by atoms with Crippen LogP contribution in [0.2, 0.25) is 0 Å². The van der Waals surface area contributed by atoms with Gasteiger partial charge in [0, 0.05) is 43.3 Å². The Morgan fingerprint density at radius 1 is 0.905 bits per heavy atom. The summed E-state index contributed by atoms with van der Waals surface area (Å²) in [5.74, 6) is -4.66. The zero-order valence-corrected chi connectivity index (χ0v) is 25.4. The lowest BCUT2D eigenvalue weighted by atomic mass is 9.47. The van der Waals surface area contributed by atoms with Crippen molar-refractivity contribution in [2.75, 3.05) is 13.2 Å². The molecular formula is C31H54O11. The van der Waals surface area contributed by atoms with E-state index in [0.29, 0.717) is 51.7 Å². The third kappa shape index (κ3) is 6.21. The molecule has 0 bridgehead atoms. The number of ether oxygens (including phenoxy) is 2. The third-order valence-corrected chi connectivity index (χ3v) is 11.4. The minimum absolute atomic E-state index is 0.0155. The van der Waals surface area contributed by atoms with E-state index in [2.05, 4.69) is 0 Å². The number of ketones is 1. The highest BCUT2D eigenvalue weighted by Gasteiger charge is 2.66. The molecular weight excluding hydrogens is 548 g/mol. The number of hydrogen-bond donors (Lipinski definition) is 8. The van der Waals surface area contributed by atoms with E-state index in [1.807, 2.05) is 6.92 Å². The van der Waals surface area contributed by atoms with E-state index in [0.717, 1.165) is 0 Å². The maximum atomic E-state index is 12.9. The molecule has 4 rings (SSSR count). The third-order valence-electron chi connectivity index (χ3n) is 11.4. The lowest BCUT2D eigenvalue weighted by Crippen LogP contribution is -2.73. The molecule has 14 unspecified atom stereocenters. The van der Waals surface area contributed by atoms with Crippen LogP contribution in [-0.4, -0.2) is 109 Å². The largest absolute Gasteiger partial charge is 0.393 e. The van der Waals surface area contributed by atoms with Gasteiger partial charge in [0.2, 0.25) is 0 Å². The van der Waals surface area contributed by atoms with Gasteiger partial charge in [-0.2, -0.15) is 0 Å². The zero-order chi connectivity index (χ0) is 31.1. The predicted molar refractivity (Wildman–Crippen MR) is 150 cm³/mol. The average Bonchev–Trinajstić information content (AvgIpc) is 2.91.